The van der Waals surface area contributed by atoms with Gasteiger partial charge in [-0.1, -0.05) is 24.3 Å². The van der Waals surface area contributed by atoms with Crippen molar-refractivity contribution in [2.45, 2.75) is 65.9 Å². The molecular formula is C25H32N4O3S. The molecule has 2 N–H and O–H groups in total. The van der Waals surface area contributed by atoms with Crippen LogP contribution in [-0.2, 0) is 21.4 Å². The fourth-order valence-corrected chi connectivity index (χ4v) is 5.83. The lowest BCUT2D eigenvalue weighted by Gasteiger charge is -2.19. The first-order valence-corrected chi connectivity index (χ1v) is 12.4. The highest BCUT2D eigenvalue weighted by atomic mass is 32.2. The molecule has 0 unspecified atom stereocenters. The summed E-state index contributed by atoms with van der Waals surface area (Å²) in [6, 6.07) is 10.8. The predicted molar refractivity (Wildman–Crippen MR) is 130 cm³/mol. The molecule has 1 aromatic heterocycles. The van der Waals surface area contributed by atoms with Gasteiger partial charge in [0.2, 0.25) is 15.9 Å². The Bertz CT molecular complexity index is 1270. The molecule has 0 aliphatic carbocycles. The van der Waals surface area contributed by atoms with E-state index in [9.17, 15) is 13.2 Å². The van der Waals surface area contributed by atoms with Crippen molar-refractivity contribution < 1.29 is 13.2 Å². The van der Waals surface area contributed by atoms with E-state index in [1.165, 1.54) is 0 Å². The van der Waals surface area contributed by atoms with Crippen LogP contribution in [0.3, 0.4) is 0 Å². The summed E-state index contributed by atoms with van der Waals surface area (Å²) in [5.41, 5.74) is 6.77. The summed E-state index contributed by atoms with van der Waals surface area (Å²) in [7, 11) is -3.87. The van der Waals surface area contributed by atoms with E-state index in [-0.39, 0.29) is 11.4 Å². The van der Waals surface area contributed by atoms with Crippen molar-refractivity contribution >= 4 is 15.9 Å². The standard InChI is InChI=1S/C25H32N4O3S/c1-15-13-16(2)18(4)24(17(15)3)33(31,32)28-20(6)25(30)26-14-23-19(5)27-29(21(23)7)22-11-9-8-10-12-22/h8-13,20,28H,14H2,1-7H3,(H,26,30)/t20-/m0/s1. The molecular weight excluding hydrogens is 436 g/mol. The molecule has 8 heteroatoms. The third-order valence-electron chi connectivity index (χ3n) is 6.17. The predicted octanol–water partition coefficient (Wildman–Crippen LogP) is 3.71. The van der Waals surface area contributed by atoms with Crippen LogP contribution < -0.4 is 10.0 Å². The summed E-state index contributed by atoms with van der Waals surface area (Å²) in [5, 5.41) is 7.44. The fourth-order valence-electron chi connectivity index (χ4n) is 4.01. The number of rotatable bonds is 7. The summed E-state index contributed by atoms with van der Waals surface area (Å²) >= 11 is 0. The van der Waals surface area contributed by atoms with Crippen LogP contribution in [0, 0.1) is 41.5 Å². The number of para-hydroxylation sites is 1. The van der Waals surface area contributed by atoms with Gasteiger partial charge in [-0.3, -0.25) is 4.79 Å². The zero-order valence-corrected chi connectivity index (χ0v) is 21.1. The Morgan fingerprint density at radius 1 is 1.00 bits per heavy atom. The molecule has 7 nitrogen and oxygen atoms in total. The Kier molecular flexibility index (Phi) is 7.09. The normalized spacial score (nSPS) is 12.6. The van der Waals surface area contributed by atoms with Crippen LogP contribution >= 0.6 is 0 Å². The van der Waals surface area contributed by atoms with Gasteiger partial charge in [0.1, 0.15) is 0 Å². The van der Waals surface area contributed by atoms with Crippen molar-refractivity contribution in [3.05, 3.63) is 75.6 Å². The minimum absolute atomic E-state index is 0.246. The number of hydrogen-bond donors (Lipinski definition) is 2. The highest BCUT2D eigenvalue weighted by Gasteiger charge is 2.26. The average Bonchev–Trinajstić information content (AvgIpc) is 3.04. The van der Waals surface area contributed by atoms with Gasteiger partial charge < -0.3 is 5.32 Å². The molecule has 1 atom stereocenters. The maximum atomic E-state index is 13.1. The van der Waals surface area contributed by atoms with E-state index in [1.54, 1.807) is 20.8 Å². The Morgan fingerprint density at radius 2 is 1.58 bits per heavy atom. The van der Waals surface area contributed by atoms with Gasteiger partial charge in [0.25, 0.3) is 0 Å². The van der Waals surface area contributed by atoms with Crippen molar-refractivity contribution in [2.75, 3.05) is 0 Å². The van der Waals surface area contributed by atoms with Crippen molar-refractivity contribution in [3.63, 3.8) is 0 Å². The van der Waals surface area contributed by atoms with E-state index in [1.807, 2.05) is 68.8 Å². The van der Waals surface area contributed by atoms with E-state index >= 15 is 0 Å². The Labute approximate surface area is 196 Å². The number of carbonyl (C=O) groups is 1. The first-order chi connectivity index (χ1) is 15.4. The second kappa shape index (κ2) is 9.49. The molecule has 1 heterocycles. The van der Waals surface area contributed by atoms with Crippen molar-refractivity contribution in [1.29, 1.82) is 0 Å². The second-order valence-electron chi connectivity index (χ2n) is 8.55. The lowest BCUT2D eigenvalue weighted by Crippen LogP contribution is -2.44. The van der Waals surface area contributed by atoms with E-state index in [4.69, 9.17) is 0 Å². The summed E-state index contributed by atoms with van der Waals surface area (Å²) in [4.78, 5) is 13.0. The number of hydrogen-bond acceptors (Lipinski definition) is 4. The maximum Gasteiger partial charge on any atom is 0.241 e. The molecule has 0 bridgehead atoms. The van der Waals surface area contributed by atoms with E-state index in [0.717, 1.165) is 33.8 Å². The first kappa shape index (κ1) is 24.7. The monoisotopic (exact) mass is 468 g/mol. The van der Waals surface area contributed by atoms with Crippen LogP contribution in [0.15, 0.2) is 41.3 Å². The number of nitrogens with one attached hydrogen (secondary N) is 2. The largest absolute Gasteiger partial charge is 0.351 e. The Morgan fingerprint density at radius 3 is 2.15 bits per heavy atom. The summed E-state index contributed by atoms with van der Waals surface area (Å²) in [6.45, 7) is 13.0. The van der Waals surface area contributed by atoms with Crippen LogP contribution in [-0.4, -0.2) is 30.1 Å². The fraction of sp³-hybridized carbons (Fsp3) is 0.360. The molecule has 0 saturated carbocycles. The molecule has 0 spiro atoms. The van der Waals surface area contributed by atoms with Gasteiger partial charge in [0, 0.05) is 17.8 Å². The minimum Gasteiger partial charge on any atom is -0.351 e. The molecule has 2 aromatic carbocycles. The molecule has 0 fully saturated rings. The topological polar surface area (TPSA) is 93.1 Å². The third-order valence-corrected chi connectivity index (χ3v) is 7.99. The summed E-state index contributed by atoms with van der Waals surface area (Å²) in [5.74, 6) is -0.399. The average molecular weight is 469 g/mol. The Hall–Kier alpha value is -2.97. The van der Waals surface area contributed by atoms with E-state index in [0.29, 0.717) is 11.1 Å². The highest BCUT2D eigenvalue weighted by Crippen LogP contribution is 2.26. The quantitative estimate of drug-likeness (QED) is 0.553. The third kappa shape index (κ3) is 5.02. The molecule has 176 valence electrons. The molecule has 0 aliphatic heterocycles. The van der Waals surface area contributed by atoms with Crippen LogP contribution in [0.1, 0.15) is 46.1 Å². The van der Waals surface area contributed by atoms with Crippen LogP contribution in [0.5, 0.6) is 0 Å². The number of aromatic nitrogens is 2. The number of benzene rings is 2. The van der Waals surface area contributed by atoms with Gasteiger partial charge >= 0.3 is 0 Å². The lowest BCUT2D eigenvalue weighted by molar-refractivity contribution is -0.122. The molecule has 3 aromatic rings. The van der Waals surface area contributed by atoms with Gasteiger partial charge in [0.15, 0.2) is 0 Å². The van der Waals surface area contributed by atoms with Crippen molar-refractivity contribution in [1.82, 2.24) is 19.8 Å². The number of aryl methyl sites for hydroxylation is 3. The number of sulfonamides is 1. The molecule has 3 rings (SSSR count). The SMILES string of the molecule is Cc1cc(C)c(C)c(S(=O)(=O)N[C@@H](C)C(=O)NCc2c(C)nn(-c3ccccc3)c2C)c1C. The molecule has 0 aliphatic rings. The van der Waals surface area contributed by atoms with Crippen LogP contribution in [0.25, 0.3) is 5.69 Å². The second-order valence-corrected chi connectivity index (χ2v) is 10.2. The number of nitrogens with zero attached hydrogens (tertiary/aromatic N) is 2. The van der Waals surface area contributed by atoms with Gasteiger partial charge in [-0.05, 0) is 82.9 Å². The van der Waals surface area contributed by atoms with Crippen molar-refractivity contribution in [2.24, 2.45) is 0 Å². The minimum atomic E-state index is -3.87. The van der Waals surface area contributed by atoms with E-state index in [2.05, 4.69) is 15.1 Å². The van der Waals surface area contributed by atoms with Crippen LogP contribution in [0.2, 0.25) is 0 Å². The first-order valence-electron chi connectivity index (χ1n) is 10.9. The van der Waals surface area contributed by atoms with Gasteiger partial charge in [0.05, 0.1) is 22.3 Å². The summed E-state index contributed by atoms with van der Waals surface area (Å²) in [6.07, 6.45) is 0. The number of amides is 1. The maximum absolute atomic E-state index is 13.1. The zero-order valence-electron chi connectivity index (χ0n) is 20.3. The van der Waals surface area contributed by atoms with Gasteiger partial charge in [-0.15, -0.1) is 0 Å². The molecule has 33 heavy (non-hydrogen) atoms. The van der Waals surface area contributed by atoms with E-state index < -0.39 is 22.0 Å². The molecule has 0 saturated heterocycles. The zero-order chi connectivity index (χ0) is 24.5. The lowest BCUT2D eigenvalue weighted by atomic mass is 10.0. The summed E-state index contributed by atoms with van der Waals surface area (Å²) < 4.78 is 30.6. The van der Waals surface area contributed by atoms with Crippen molar-refractivity contribution in [3.8, 4) is 5.69 Å². The number of carbonyl (C=O) groups excluding carboxylic acids is 1. The Balaban J connectivity index is 1.75. The van der Waals surface area contributed by atoms with Gasteiger partial charge in [-0.25, -0.2) is 13.1 Å². The highest BCUT2D eigenvalue weighted by molar-refractivity contribution is 7.89. The smallest absolute Gasteiger partial charge is 0.241 e. The molecule has 0 radical (unpaired) electrons. The molecule has 1 amide bonds. The van der Waals surface area contributed by atoms with Crippen LogP contribution in [0.4, 0.5) is 0 Å². The van der Waals surface area contributed by atoms with Gasteiger partial charge in [-0.2, -0.15) is 9.82 Å².